The highest BCUT2D eigenvalue weighted by atomic mass is 32.2. The maximum atomic E-state index is 11.6. The van der Waals surface area contributed by atoms with Gasteiger partial charge in [-0.1, -0.05) is 6.92 Å². The van der Waals surface area contributed by atoms with Gasteiger partial charge < -0.3 is 10.6 Å². The molecule has 0 radical (unpaired) electrons. The molecule has 0 heterocycles. The summed E-state index contributed by atoms with van der Waals surface area (Å²) in [4.78, 5) is 12.8. The lowest BCUT2D eigenvalue weighted by Gasteiger charge is -2.17. The van der Waals surface area contributed by atoms with E-state index in [0.29, 0.717) is 13.0 Å². The summed E-state index contributed by atoms with van der Waals surface area (Å²) in [6, 6.07) is 0. The first-order valence-corrected chi connectivity index (χ1v) is 6.86. The number of nitrogens with zero attached hydrogens (tertiary/aromatic N) is 1. The molecule has 1 amide bonds. The first-order valence-electron chi connectivity index (χ1n) is 5.31. The lowest BCUT2D eigenvalue weighted by Crippen LogP contribution is -2.43. The molecule has 0 spiro atoms. The number of nitrogens with one attached hydrogen (secondary N) is 1. The van der Waals surface area contributed by atoms with Gasteiger partial charge in [-0.05, 0) is 13.3 Å². The highest BCUT2D eigenvalue weighted by molar-refractivity contribution is 7.90. The Balaban J connectivity index is 4.34. The first kappa shape index (κ1) is 15.3. The third-order valence-electron chi connectivity index (χ3n) is 2.48. The van der Waals surface area contributed by atoms with Crippen LogP contribution < -0.4 is 10.5 Å². The molecule has 0 saturated carbocycles. The maximum absolute atomic E-state index is 11.6. The number of carbonyl (C=O) groups is 1. The van der Waals surface area contributed by atoms with Crippen LogP contribution in [0.1, 0.15) is 20.3 Å². The molecule has 0 aromatic heterocycles. The van der Waals surface area contributed by atoms with Gasteiger partial charge in [0, 0.05) is 20.1 Å². The number of sulfonamides is 1. The molecule has 1 atom stereocenters. The van der Waals surface area contributed by atoms with Crippen molar-refractivity contribution in [3.05, 3.63) is 0 Å². The van der Waals surface area contributed by atoms with Crippen molar-refractivity contribution in [3.63, 3.8) is 0 Å². The number of hydrogen-bond donors (Lipinski definition) is 2. The number of hydrogen-bond acceptors (Lipinski definition) is 4. The Morgan fingerprint density at radius 3 is 2.38 bits per heavy atom. The fourth-order valence-electron chi connectivity index (χ4n) is 1.10. The molecule has 0 aliphatic carbocycles. The van der Waals surface area contributed by atoms with Crippen LogP contribution in [0.15, 0.2) is 0 Å². The smallest absolute Gasteiger partial charge is 0.237 e. The summed E-state index contributed by atoms with van der Waals surface area (Å²) in [5.74, 6) is -0.252. The largest absolute Gasteiger partial charge is 0.345 e. The van der Waals surface area contributed by atoms with Gasteiger partial charge in [0.15, 0.2) is 0 Å². The minimum absolute atomic E-state index is 0.0592. The molecule has 0 aliphatic heterocycles. The van der Waals surface area contributed by atoms with Gasteiger partial charge in [0.05, 0.1) is 11.8 Å². The molecule has 0 saturated heterocycles. The fraction of sp³-hybridized carbons (Fsp3) is 0.889. The van der Waals surface area contributed by atoms with Crippen molar-refractivity contribution in [2.75, 3.05) is 26.7 Å². The molecule has 3 N–H and O–H groups in total. The van der Waals surface area contributed by atoms with Crippen LogP contribution in [0.2, 0.25) is 0 Å². The number of carbonyl (C=O) groups excluding carboxylic acids is 1. The van der Waals surface area contributed by atoms with Crippen molar-refractivity contribution < 1.29 is 13.2 Å². The summed E-state index contributed by atoms with van der Waals surface area (Å²) in [6.45, 7) is 3.97. The predicted molar refractivity (Wildman–Crippen MR) is 63.4 cm³/mol. The van der Waals surface area contributed by atoms with Gasteiger partial charge in [-0.3, -0.25) is 4.79 Å². The van der Waals surface area contributed by atoms with E-state index in [1.54, 1.807) is 14.0 Å². The van der Waals surface area contributed by atoms with Crippen molar-refractivity contribution in [1.82, 2.24) is 9.62 Å². The van der Waals surface area contributed by atoms with Crippen LogP contribution in [0, 0.1) is 0 Å². The second kappa shape index (κ2) is 6.82. The number of amides is 1. The SMILES string of the molecule is CCC(CN)S(=O)(=O)NCC(=O)N(C)CC. The predicted octanol–water partition coefficient (Wildman–Crippen LogP) is -0.879. The van der Waals surface area contributed by atoms with Crippen LogP contribution in [0.3, 0.4) is 0 Å². The third kappa shape index (κ3) is 4.46. The van der Waals surface area contributed by atoms with Crippen molar-refractivity contribution in [3.8, 4) is 0 Å². The zero-order valence-corrected chi connectivity index (χ0v) is 10.9. The van der Waals surface area contributed by atoms with Crippen molar-refractivity contribution in [2.24, 2.45) is 5.73 Å². The van der Waals surface area contributed by atoms with E-state index in [0.717, 1.165) is 0 Å². The molecule has 96 valence electrons. The molecule has 0 aliphatic rings. The highest BCUT2D eigenvalue weighted by Gasteiger charge is 2.23. The zero-order chi connectivity index (χ0) is 12.8. The summed E-state index contributed by atoms with van der Waals surface area (Å²) in [6.07, 6.45) is 0.434. The molecule has 0 aromatic rings. The van der Waals surface area contributed by atoms with Crippen LogP contribution in [0.25, 0.3) is 0 Å². The van der Waals surface area contributed by atoms with E-state index >= 15 is 0 Å². The van der Waals surface area contributed by atoms with E-state index in [1.165, 1.54) is 4.90 Å². The first-order chi connectivity index (χ1) is 7.38. The van der Waals surface area contributed by atoms with Gasteiger partial charge >= 0.3 is 0 Å². The summed E-state index contributed by atoms with van der Waals surface area (Å²) >= 11 is 0. The normalized spacial score (nSPS) is 13.5. The fourth-order valence-corrected chi connectivity index (χ4v) is 2.36. The molecule has 1 unspecified atom stereocenters. The monoisotopic (exact) mass is 251 g/mol. The Labute approximate surface area is 97.2 Å². The summed E-state index contributed by atoms with van der Waals surface area (Å²) in [5.41, 5.74) is 5.35. The van der Waals surface area contributed by atoms with E-state index in [1.807, 2.05) is 6.92 Å². The molecule has 7 heteroatoms. The third-order valence-corrected chi connectivity index (χ3v) is 4.43. The minimum atomic E-state index is -3.48. The second-order valence-corrected chi connectivity index (χ2v) is 5.59. The number of rotatable bonds is 7. The van der Waals surface area contributed by atoms with Crippen molar-refractivity contribution in [2.45, 2.75) is 25.5 Å². The van der Waals surface area contributed by atoms with E-state index in [2.05, 4.69) is 4.72 Å². The minimum Gasteiger partial charge on any atom is -0.345 e. The Morgan fingerprint density at radius 2 is 2.00 bits per heavy atom. The van der Waals surface area contributed by atoms with Gasteiger partial charge in [-0.15, -0.1) is 0 Å². The van der Waals surface area contributed by atoms with Crippen LogP contribution in [0.5, 0.6) is 0 Å². The summed E-state index contributed by atoms with van der Waals surface area (Å²) in [7, 11) is -1.86. The van der Waals surface area contributed by atoms with E-state index in [4.69, 9.17) is 5.73 Å². The Hall–Kier alpha value is -0.660. The molecule has 6 nitrogen and oxygen atoms in total. The topological polar surface area (TPSA) is 92.5 Å². The lowest BCUT2D eigenvalue weighted by atomic mass is 10.3. The summed E-state index contributed by atoms with van der Waals surface area (Å²) < 4.78 is 25.6. The Morgan fingerprint density at radius 1 is 1.44 bits per heavy atom. The van der Waals surface area contributed by atoms with Crippen LogP contribution in [0.4, 0.5) is 0 Å². The van der Waals surface area contributed by atoms with Gasteiger partial charge in [0.25, 0.3) is 0 Å². The van der Waals surface area contributed by atoms with E-state index in [-0.39, 0.29) is 19.0 Å². The van der Waals surface area contributed by atoms with Crippen molar-refractivity contribution in [1.29, 1.82) is 0 Å². The van der Waals surface area contributed by atoms with Gasteiger partial charge in [-0.25, -0.2) is 13.1 Å². The van der Waals surface area contributed by atoms with Gasteiger partial charge in [0.2, 0.25) is 15.9 Å². The van der Waals surface area contributed by atoms with Crippen LogP contribution in [-0.4, -0.2) is 51.2 Å². The average molecular weight is 251 g/mol. The van der Waals surface area contributed by atoms with E-state index in [9.17, 15) is 13.2 Å². The standard InChI is InChI=1S/C9H21N3O3S/c1-4-8(6-10)16(14,15)11-7-9(13)12(3)5-2/h8,11H,4-7,10H2,1-3H3. The van der Waals surface area contributed by atoms with Gasteiger partial charge in [0.1, 0.15) is 0 Å². The van der Waals surface area contributed by atoms with Crippen molar-refractivity contribution >= 4 is 15.9 Å². The molecule has 0 aromatic carbocycles. The summed E-state index contributed by atoms with van der Waals surface area (Å²) in [5, 5.41) is -0.632. The molecule has 16 heavy (non-hydrogen) atoms. The number of nitrogens with two attached hydrogens (primary N) is 1. The number of likely N-dealkylation sites (N-methyl/N-ethyl adjacent to an activating group) is 1. The van der Waals surface area contributed by atoms with Crippen LogP contribution >= 0.6 is 0 Å². The van der Waals surface area contributed by atoms with Gasteiger partial charge in [-0.2, -0.15) is 0 Å². The Kier molecular flexibility index (Phi) is 6.54. The lowest BCUT2D eigenvalue weighted by molar-refractivity contribution is -0.128. The van der Waals surface area contributed by atoms with E-state index < -0.39 is 15.3 Å². The highest BCUT2D eigenvalue weighted by Crippen LogP contribution is 2.01. The average Bonchev–Trinajstić information content (AvgIpc) is 2.26. The molecule has 0 bridgehead atoms. The molecule has 0 fully saturated rings. The quantitative estimate of drug-likeness (QED) is 0.614. The Bertz CT molecular complexity index is 312. The molecule has 0 rings (SSSR count). The molecular weight excluding hydrogens is 230 g/mol. The molecular formula is C9H21N3O3S. The second-order valence-electron chi connectivity index (χ2n) is 3.54. The maximum Gasteiger partial charge on any atom is 0.237 e. The zero-order valence-electron chi connectivity index (χ0n) is 10.1. The van der Waals surface area contributed by atoms with Crippen LogP contribution in [-0.2, 0) is 14.8 Å².